The van der Waals surface area contributed by atoms with E-state index in [1.807, 2.05) is 4.72 Å². The number of hydrogen-bond donors (Lipinski definition) is 1. The van der Waals surface area contributed by atoms with Gasteiger partial charge in [-0.05, 0) is 17.7 Å². The Kier molecular flexibility index (Phi) is 2.06. The first-order valence-corrected chi connectivity index (χ1v) is 5.49. The summed E-state index contributed by atoms with van der Waals surface area (Å²) in [5, 5.41) is 0. The smallest absolute Gasteiger partial charge is 0.207 e. The standard InChI is InChI=1S/C8H6F3NO2S/c9-8(10,11)6-2-1-3-7-5(6)4-12-15(7,13)14/h1-3,12H,4H2. The molecule has 0 spiro atoms. The highest BCUT2D eigenvalue weighted by Gasteiger charge is 2.38. The van der Waals surface area contributed by atoms with Crippen LogP contribution in [0.4, 0.5) is 13.2 Å². The van der Waals surface area contributed by atoms with Crippen molar-refractivity contribution in [2.45, 2.75) is 17.6 Å². The summed E-state index contributed by atoms with van der Waals surface area (Å²) in [7, 11) is -3.74. The summed E-state index contributed by atoms with van der Waals surface area (Å²) >= 11 is 0. The summed E-state index contributed by atoms with van der Waals surface area (Å²) in [4.78, 5) is -0.280. The van der Waals surface area contributed by atoms with Crippen LogP contribution < -0.4 is 4.72 Å². The van der Waals surface area contributed by atoms with Crippen molar-refractivity contribution in [2.75, 3.05) is 0 Å². The van der Waals surface area contributed by atoms with Crippen molar-refractivity contribution in [3.8, 4) is 0 Å². The minimum absolute atomic E-state index is 0.204. The molecule has 2 rings (SSSR count). The van der Waals surface area contributed by atoms with Crippen LogP contribution in [-0.2, 0) is 22.7 Å². The van der Waals surface area contributed by atoms with Crippen LogP contribution in [0.25, 0.3) is 0 Å². The SMILES string of the molecule is O=S1(=O)NCc2c(C(F)(F)F)cccc21. The van der Waals surface area contributed by atoms with E-state index in [0.29, 0.717) is 0 Å². The summed E-state index contributed by atoms with van der Waals surface area (Å²) in [6, 6.07) is 3.13. The van der Waals surface area contributed by atoms with Crippen LogP contribution in [0.5, 0.6) is 0 Å². The largest absolute Gasteiger partial charge is 0.416 e. The van der Waals surface area contributed by atoms with E-state index in [1.54, 1.807) is 0 Å². The van der Waals surface area contributed by atoms with Crippen molar-refractivity contribution in [3.05, 3.63) is 29.3 Å². The predicted molar refractivity (Wildman–Crippen MR) is 45.5 cm³/mol. The summed E-state index contributed by atoms with van der Waals surface area (Å²) in [6.45, 7) is -0.298. The zero-order valence-electron chi connectivity index (χ0n) is 7.30. The minimum Gasteiger partial charge on any atom is -0.207 e. The number of halogens is 3. The average molecular weight is 237 g/mol. The lowest BCUT2D eigenvalue weighted by Gasteiger charge is -2.09. The van der Waals surface area contributed by atoms with Gasteiger partial charge in [0.05, 0.1) is 10.5 Å². The molecule has 0 fully saturated rings. The van der Waals surface area contributed by atoms with E-state index in [9.17, 15) is 21.6 Å². The number of fused-ring (bicyclic) bond motifs is 1. The second-order valence-electron chi connectivity index (χ2n) is 3.10. The number of rotatable bonds is 0. The fourth-order valence-electron chi connectivity index (χ4n) is 1.51. The Hall–Kier alpha value is -1.08. The third kappa shape index (κ3) is 1.61. The van der Waals surface area contributed by atoms with Crippen LogP contribution in [0.3, 0.4) is 0 Å². The molecule has 1 heterocycles. The molecule has 0 amide bonds. The van der Waals surface area contributed by atoms with Crippen LogP contribution in [-0.4, -0.2) is 8.42 Å². The van der Waals surface area contributed by atoms with Gasteiger partial charge in [0.25, 0.3) is 0 Å². The Labute approximate surface area is 84.0 Å². The van der Waals surface area contributed by atoms with Gasteiger partial charge in [-0.1, -0.05) is 6.07 Å². The van der Waals surface area contributed by atoms with Gasteiger partial charge in [-0.3, -0.25) is 0 Å². The van der Waals surface area contributed by atoms with Crippen LogP contribution in [0, 0.1) is 0 Å². The van der Waals surface area contributed by atoms with Crippen molar-refractivity contribution in [3.63, 3.8) is 0 Å². The molecule has 15 heavy (non-hydrogen) atoms. The Morgan fingerprint density at radius 1 is 1.27 bits per heavy atom. The number of sulfonamides is 1. The van der Waals surface area contributed by atoms with Gasteiger partial charge in [0.2, 0.25) is 10.0 Å². The minimum atomic E-state index is -4.52. The van der Waals surface area contributed by atoms with Gasteiger partial charge in [-0.25, -0.2) is 13.1 Å². The highest BCUT2D eigenvalue weighted by molar-refractivity contribution is 7.89. The lowest BCUT2D eigenvalue weighted by atomic mass is 10.1. The molecule has 0 bridgehead atoms. The van der Waals surface area contributed by atoms with E-state index in [2.05, 4.69) is 0 Å². The van der Waals surface area contributed by atoms with Crippen molar-refractivity contribution in [2.24, 2.45) is 0 Å². The maximum atomic E-state index is 12.5. The van der Waals surface area contributed by atoms with E-state index in [0.717, 1.165) is 12.1 Å². The van der Waals surface area contributed by atoms with Crippen molar-refractivity contribution < 1.29 is 21.6 Å². The molecule has 0 aliphatic carbocycles. The molecule has 7 heteroatoms. The molecule has 0 aromatic heterocycles. The highest BCUT2D eigenvalue weighted by Crippen LogP contribution is 2.36. The molecular formula is C8H6F3NO2S. The Morgan fingerprint density at radius 3 is 2.53 bits per heavy atom. The molecule has 82 valence electrons. The van der Waals surface area contributed by atoms with Gasteiger partial charge >= 0.3 is 6.18 Å². The van der Waals surface area contributed by atoms with Crippen molar-refractivity contribution >= 4 is 10.0 Å². The maximum Gasteiger partial charge on any atom is 0.416 e. The van der Waals surface area contributed by atoms with Crippen molar-refractivity contribution in [1.29, 1.82) is 0 Å². The van der Waals surface area contributed by atoms with Crippen LogP contribution >= 0.6 is 0 Å². The first-order chi connectivity index (χ1) is 6.82. The molecule has 0 atom stereocenters. The fourth-order valence-corrected chi connectivity index (χ4v) is 2.76. The Balaban J connectivity index is 2.70. The first-order valence-electron chi connectivity index (χ1n) is 4.01. The molecule has 0 saturated carbocycles. The monoisotopic (exact) mass is 237 g/mol. The predicted octanol–water partition coefficient (Wildman–Crippen LogP) is 1.50. The van der Waals surface area contributed by atoms with E-state index < -0.39 is 21.8 Å². The lowest BCUT2D eigenvalue weighted by Crippen LogP contribution is -2.13. The second-order valence-corrected chi connectivity index (χ2v) is 4.84. The first kappa shape index (κ1) is 10.4. The van der Waals surface area contributed by atoms with E-state index in [4.69, 9.17) is 0 Å². The third-order valence-corrected chi connectivity index (χ3v) is 3.65. The Bertz CT molecular complexity index is 507. The summed E-state index contributed by atoms with van der Waals surface area (Å²) in [5.74, 6) is 0. The Morgan fingerprint density at radius 2 is 1.93 bits per heavy atom. The lowest BCUT2D eigenvalue weighted by molar-refractivity contribution is -0.138. The molecule has 0 unspecified atom stereocenters. The van der Waals surface area contributed by atoms with Gasteiger partial charge in [-0.2, -0.15) is 13.2 Å². The topological polar surface area (TPSA) is 46.2 Å². The average Bonchev–Trinajstić information content (AvgIpc) is 2.41. The molecule has 1 aliphatic rings. The summed E-state index contributed by atoms with van der Waals surface area (Å²) < 4.78 is 62.0. The molecule has 1 aliphatic heterocycles. The zero-order valence-corrected chi connectivity index (χ0v) is 8.11. The number of hydrogen-bond acceptors (Lipinski definition) is 2. The zero-order chi connectivity index (χ0) is 11.3. The van der Waals surface area contributed by atoms with Gasteiger partial charge < -0.3 is 0 Å². The van der Waals surface area contributed by atoms with Gasteiger partial charge in [0.1, 0.15) is 0 Å². The molecule has 1 aromatic carbocycles. The molecule has 1 N–H and O–H groups in total. The van der Waals surface area contributed by atoms with Gasteiger partial charge in [0, 0.05) is 6.54 Å². The maximum absolute atomic E-state index is 12.5. The van der Waals surface area contributed by atoms with Crippen LogP contribution in [0.1, 0.15) is 11.1 Å². The number of benzene rings is 1. The number of nitrogens with one attached hydrogen (secondary N) is 1. The molecular weight excluding hydrogens is 231 g/mol. The van der Waals surface area contributed by atoms with E-state index in [1.165, 1.54) is 6.07 Å². The molecule has 0 radical (unpaired) electrons. The molecule has 0 saturated heterocycles. The fraction of sp³-hybridized carbons (Fsp3) is 0.250. The summed E-state index contributed by atoms with van der Waals surface area (Å²) in [6.07, 6.45) is -4.52. The molecule has 1 aromatic rings. The summed E-state index contributed by atoms with van der Waals surface area (Å²) in [5.41, 5.74) is -1.10. The second kappa shape index (κ2) is 2.96. The van der Waals surface area contributed by atoms with Gasteiger partial charge in [-0.15, -0.1) is 0 Å². The van der Waals surface area contributed by atoms with E-state index >= 15 is 0 Å². The highest BCUT2D eigenvalue weighted by atomic mass is 32.2. The van der Waals surface area contributed by atoms with Crippen LogP contribution in [0.2, 0.25) is 0 Å². The normalized spacial score (nSPS) is 18.9. The quantitative estimate of drug-likeness (QED) is 0.743. The van der Waals surface area contributed by atoms with Gasteiger partial charge in [0.15, 0.2) is 0 Å². The number of alkyl halides is 3. The third-order valence-electron chi connectivity index (χ3n) is 2.17. The molecule has 3 nitrogen and oxygen atoms in total. The van der Waals surface area contributed by atoms with Crippen molar-refractivity contribution in [1.82, 2.24) is 4.72 Å². The van der Waals surface area contributed by atoms with E-state index in [-0.39, 0.29) is 17.0 Å². The van der Waals surface area contributed by atoms with Crippen LogP contribution in [0.15, 0.2) is 23.1 Å².